The summed E-state index contributed by atoms with van der Waals surface area (Å²) in [4.78, 5) is 41.7. The van der Waals surface area contributed by atoms with E-state index in [1.165, 1.54) is 30.3 Å². The smallest absolute Gasteiger partial charge is 0.323 e. The van der Waals surface area contributed by atoms with Gasteiger partial charge in [0.15, 0.2) is 0 Å². The molecule has 2 aromatic carbocycles. The van der Waals surface area contributed by atoms with E-state index < -0.39 is 23.6 Å². The van der Waals surface area contributed by atoms with Gasteiger partial charge in [-0.1, -0.05) is 23.3 Å². The van der Waals surface area contributed by atoms with Gasteiger partial charge in [-0.05, 0) is 35.7 Å². The van der Waals surface area contributed by atoms with Gasteiger partial charge in [0.05, 0.1) is 11.1 Å². The molecule has 1 aliphatic heterocycles. The number of carbonyl (C=O) groups is 3. The Hall–Kier alpha value is -3.06. The molecule has 0 saturated carbocycles. The molecular formula is C17H8FNO4S. The van der Waals surface area contributed by atoms with Gasteiger partial charge in [-0.3, -0.25) is 9.59 Å². The molecule has 4 rings (SSSR count). The van der Waals surface area contributed by atoms with Crippen molar-refractivity contribution in [1.29, 1.82) is 0 Å². The number of thiophene rings is 1. The second kappa shape index (κ2) is 5.24. The SMILES string of the molecule is O=C(ON1C(=O)c2ccccc2C1=O)c1cc2ccc(F)cc2s1. The number of fused-ring (bicyclic) bond motifs is 2. The highest BCUT2D eigenvalue weighted by molar-refractivity contribution is 7.20. The Bertz CT molecular complexity index is 991. The summed E-state index contributed by atoms with van der Waals surface area (Å²) in [6.07, 6.45) is 0. The van der Waals surface area contributed by atoms with Gasteiger partial charge in [0.1, 0.15) is 10.7 Å². The average Bonchev–Trinajstić information content (AvgIpc) is 3.10. The topological polar surface area (TPSA) is 63.7 Å². The van der Waals surface area contributed by atoms with Gasteiger partial charge in [-0.25, -0.2) is 9.18 Å². The van der Waals surface area contributed by atoms with Crippen molar-refractivity contribution in [3.05, 3.63) is 70.4 Å². The minimum absolute atomic E-state index is 0.173. The van der Waals surface area contributed by atoms with Crippen molar-refractivity contribution in [2.75, 3.05) is 0 Å². The summed E-state index contributed by atoms with van der Waals surface area (Å²) in [6.45, 7) is 0. The number of hydrogen-bond donors (Lipinski definition) is 0. The quantitative estimate of drug-likeness (QED) is 0.670. The number of hydroxylamine groups is 2. The van der Waals surface area contributed by atoms with E-state index >= 15 is 0 Å². The van der Waals surface area contributed by atoms with Crippen molar-refractivity contribution in [1.82, 2.24) is 5.06 Å². The molecule has 0 radical (unpaired) electrons. The predicted molar refractivity (Wildman–Crippen MR) is 84.1 cm³/mol. The average molecular weight is 341 g/mol. The fourth-order valence-corrected chi connectivity index (χ4v) is 3.44. The molecule has 2 amide bonds. The predicted octanol–water partition coefficient (Wildman–Crippen LogP) is 3.41. The molecule has 1 aromatic heterocycles. The van der Waals surface area contributed by atoms with Gasteiger partial charge in [-0.15, -0.1) is 11.3 Å². The third kappa shape index (κ3) is 2.17. The van der Waals surface area contributed by atoms with Crippen LogP contribution < -0.4 is 0 Å². The zero-order valence-electron chi connectivity index (χ0n) is 12.0. The van der Waals surface area contributed by atoms with Crippen LogP contribution in [0.2, 0.25) is 0 Å². The number of carbonyl (C=O) groups excluding carboxylic acids is 3. The highest BCUT2D eigenvalue weighted by Crippen LogP contribution is 2.28. The van der Waals surface area contributed by atoms with Crippen LogP contribution in [0.15, 0.2) is 48.5 Å². The molecule has 0 N–H and O–H groups in total. The summed E-state index contributed by atoms with van der Waals surface area (Å²) in [6, 6.07) is 11.9. The third-order valence-corrected chi connectivity index (χ3v) is 4.69. The van der Waals surface area contributed by atoms with Crippen LogP contribution in [0.3, 0.4) is 0 Å². The number of imide groups is 1. The zero-order valence-corrected chi connectivity index (χ0v) is 12.8. The van der Waals surface area contributed by atoms with Crippen LogP contribution >= 0.6 is 11.3 Å². The Morgan fingerprint density at radius 1 is 1.00 bits per heavy atom. The highest BCUT2D eigenvalue weighted by atomic mass is 32.1. The lowest BCUT2D eigenvalue weighted by Gasteiger charge is -2.11. The molecule has 0 saturated heterocycles. The molecule has 0 aliphatic carbocycles. The van der Waals surface area contributed by atoms with E-state index in [1.807, 2.05) is 0 Å². The lowest BCUT2D eigenvalue weighted by atomic mass is 10.1. The number of hydrogen-bond acceptors (Lipinski definition) is 5. The summed E-state index contributed by atoms with van der Waals surface area (Å²) in [7, 11) is 0. The Kier molecular flexibility index (Phi) is 3.17. The molecule has 5 nitrogen and oxygen atoms in total. The van der Waals surface area contributed by atoms with Gasteiger partial charge >= 0.3 is 5.97 Å². The molecule has 0 fully saturated rings. The lowest BCUT2D eigenvalue weighted by Crippen LogP contribution is -2.32. The Morgan fingerprint density at radius 3 is 2.33 bits per heavy atom. The van der Waals surface area contributed by atoms with E-state index in [-0.39, 0.29) is 16.0 Å². The van der Waals surface area contributed by atoms with E-state index in [0.29, 0.717) is 15.1 Å². The van der Waals surface area contributed by atoms with E-state index in [1.54, 1.807) is 18.2 Å². The Morgan fingerprint density at radius 2 is 1.67 bits per heavy atom. The van der Waals surface area contributed by atoms with E-state index in [2.05, 4.69) is 0 Å². The lowest BCUT2D eigenvalue weighted by molar-refractivity contribution is -0.0581. The minimum atomic E-state index is -0.842. The zero-order chi connectivity index (χ0) is 16.8. The van der Waals surface area contributed by atoms with E-state index in [4.69, 9.17) is 4.84 Å². The Labute approximate surface area is 138 Å². The molecular weight excluding hydrogens is 333 g/mol. The molecule has 118 valence electrons. The maximum atomic E-state index is 13.2. The Balaban J connectivity index is 1.62. The molecule has 2 heterocycles. The van der Waals surface area contributed by atoms with Crippen LogP contribution in [-0.4, -0.2) is 22.8 Å². The highest BCUT2D eigenvalue weighted by Gasteiger charge is 2.39. The number of nitrogens with zero attached hydrogens (tertiary/aromatic N) is 1. The summed E-state index contributed by atoms with van der Waals surface area (Å²) in [5.41, 5.74) is 0.377. The van der Waals surface area contributed by atoms with Gasteiger partial charge in [-0.2, -0.15) is 0 Å². The van der Waals surface area contributed by atoms with Crippen LogP contribution in [0, 0.1) is 5.82 Å². The molecule has 0 atom stereocenters. The fourth-order valence-electron chi connectivity index (χ4n) is 2.48. The number of amides is 2. The molecule has 7 heteroatoms. The molecule has 0 bridgehead atoms. The first-order chi connectivity index (χ1) is 11.5. The minimum Gasteiger partial charge on any atom is -0.323 e. The first kappa shape index (κ1) is 14.5. The molecule has 0 unspecified atom stereocenters. The molecule has 1 aliphatic rings. The maximum absolute atomic E-state index is 13.2. The van der Waals surface area contributed by atoms with E-state index in [0.717, 1.165) is 11.3 Å². The standard InChI is InChI=1S/C17H8FNO4S/c18-10-6-5-9-7-14(24-13(9)8-10)17(22)23-19-15(20)11-3-1-2-4-12(11)16(19)21/h1-8H. The summed E-state index contributed by atoms with van der Waals surface area (Å²) in [5.74, 6) is -2.62. The summed E-state index contributed by atoms with van der Waals surface area (Å²) < 4.78 is 13.8. The summed E-state index contributed by atoms with van der Waals surface area (Å²) >= 11 is 1.03. The van der Waals surface area contributed by atoms with Crippen LogP contribution in [0.4, 0.5) is 4.39 Å². The van der Waals surface area contributed by atoms with Gasteiger partial charge in [0, 0.05) is 4.70 Å². The molecule has 24 heavy (non-hydrogen) atoms. The summed E-state index contributed by atoms with van der Waals surface area (Å²) in [5, 5.41) is 1.13. The van der Waals surface area contributed by atoms with Crippen LogP contribution in [0.5, 0.6) is 0 Å². The van der Waals surface area contributed by atoms with Crippen molar-refractivity contribution in [3.8, 4) is 0 Å². The van der Waals surface area contributed by atoms with Gasteiger partial charge in [0.2, 0.25) is 0 Å². The first-order valence-electron chi connectivity index (χ1n) is 6.94. The largest absolute Gasteiger partial charge is 0.373 e. The second-order valence-electron chi connectivity index (χ2n) is 5.12. The van der Waals surface area contributed by atoms with Crippen molar-refractivity contribution in [2.45, 2.75) is 0 Å². The van der Waals surface area contributed by atoms with Crippen LogP contribution in [0.1, 0.15) is 30.4 Å². The third-order valence-electron chi connectivity index (χ3n) is 3.61. The van der Waals surface area contributed by atoms with Crippen LogP contribution in [0.25, 0.3) is 10.1 Å². The maximum Gasteiger partial charge on any atom is 0.373 e. The fraction of sp³-hybridized carbons (Fsp3) is 0. The van der Waals surface area contributed by atoms with Gasteiger partial charge < -0.3 is 4.84 Å². The van der Waals surface area contributed by atoms with Gasteiger partial charge in [0.25, 0.3) is 11.8 Å². The monoisotopic (exact) mass is 341 g/mol. The first-order valence-corrected chi connectivity index (χ1v) is 7.75. The normalized spacial score (nSPS) is 13.5. The van der Waals surface area contributed by atoms with Crippen molar-refractivity contribution < 1.29 is 23.6 Å². The molecule has 3 aromatic rings. The second-order valence-corrected chi connectivity index (χ2v) is 6.21. The number of benzene rings is 2. The van der Waals surface area contributed by atoms with Crippen molar-refractivity contribution >= 4 is 39.2 Å². The van der Waals surface area contributed by atoms with Crippen molar-refractivity contribution in [2.24, 2.45) is 0 Å². The number of halogens is 1. The van der Waals surface area contributed by atoms with E-state index in [9.17, 15) is 18.8 Å². The molecule has 0 spiro atoms. The van der Waals surface area contributed by atoms with Crippen molar-refractivity contribution in [3.63, 3.8) is 0 Å². The number of rotatable bonds is 2. The van der Waals surface area contributed by atoms with Crippen LogP contribution in [-0.2, 0) is 4.84 Å².